The van der Waals surface area contributed by atoms with Gasteiger partial charge in [0.1, 0.15) is 0 Å². The minimum absolute atomic E-state index is 0.713. The van der Waals surface area contributed by atoms with Crippen LogP contribution in [0.25, 0.3) is 0 Å². The van der Waals surface area contributed by atoms with Gasteiger partial charge in [0, 0.05) is 25.5 Å². The van der Waals surface area contributed by atoms with Gasteiger partial charge in [-0.05, 0) is 24.6 Å². The van der Waals surface area contributed by atoms with Gasteiger partial charge < -0.3 is 9.64 Å². The Bertz CT molecular complexity index is 333. The molecule has 0 aliphatic heterocycles. The first kappa shape index (κ1) is 13.8. The number of nitrogens with zero attached hydrogens (tertiary/aromatic N) is 1. The van der Waals surface area contributed by atoms with E-state index in [1.807, 2.05) is 6.07 Å². The lowest BCUT2D eigenvalue weighted by molar-refractivity contribution is 0.205. The molecule has 1 aromatic rings. The average molecular weight is 307 g/mol. The van der Waals surface area contributed by atoms with Gasteiger partial charge in [0.2, 0.25) is 0 Å². The first-order valence-electron chi connectivity index (χ1n) is 5.31. The molecule has 4 heteroatoms. The molecular formula is C12H17BrClNO. The molecule has 0 bridgehead atoms. The van der Waals surface area contributed by atoms with Crippen molar-refractivity contribution in [2.24, 2.45) is 0 Å². The first-order chi connectivity index (χ1) is 7.72. The standard InChI is InChI=1S/C12H17BrClNO/c1-3-15(6-7-16-2)12-5-4-10(9-13)8-11(12)14/h4-5,8H,3,6-7,9H2,1-2H3. The number of ether oxygens (including phenoxy) is 1. The molecule has 2 nitrogen and oxygen atoms in total. The van der Waals surface area contributed by atoms with Crippen LogP contribution in [-0.2, 0) is 10.1 Å². The number of benzene rings is 1. The van der Waals surface area contributed by atoms with E-state index in [0.29, 0.717) is 6.61 Å². The average Bonchev–Trinajstić information content (AvgIpc) is 2.31. The highest BCUT2D eigenvalue weighted by Gasteiger charge is 2.08. The van der Waals surface area contributed by atoms with E-state index < -0.39 is 0 Å². The van der Waals surface area contributed by atoms with Crippen molar-refractivity contribution in [3.05, 3.63) is 28.8 Å². The van der Waals surface area contributed by atoms with Gasteiger partial charge in [-0.1, -0.05) is 33.6 Å². The second-order valence-corrected chi connectivity index (χ2v) is 4.46. The zero-order valence-electron chi connectivity index (χ0n) is 9.67. The summed E-state index contributed by atoms with van der Waals surface area (Å²) in [4.78, 5) is 2.21. The second kappa shape index (κ2) is 7.15. The monoisotopic (exact) mass is 305 g/mol. The van der Waals surface area contributed by atoms with Crippen molar-refractivity contribution in [3.8, 4) is 0 Å². The van der Waals surface area contributed by atoms with Crippen LogP contribution in [0.5, 0.6) is 0 Å². The van der Waals surface area contributed by atoms with Gasteiger partial charge in [0.25, 0.3) is 0 Å². The molecule has 16 heavy (non-hydrogen) atoms. The molecule has 0 amide bonds. The molecule has 0 N–H and O–H groups in total. The van der Waals surface area contributed by atoms with Crippen LogP contribution in [0.2, 0.25) is 5.02 Å². The molecule has 0 radical (unpaired) electrons. The van der Waals surface area contributed by atoms with E-state index in [-0.39, 0.29) is 0 Å². The Morgan fingerprint density at radius 3 is 2.69 bits per heavy atom. The summed E-state index contributed by atoms with van der Waals surface area (Å²) in [5.74, 6) is 0. The molecule has 90 valence electrons. The van der Waals surface area contributed by atoms with Crippen LogP contribution in [-0.4, -0.2) is 26.8 Å². The van der Waals surface area contributed by atoms with Gasteiger partial charge in [0.15, 0.2) is 0 Å². The summed E-state index contributed by atoms with van der Waals surface area (Å²) in [6, 6.07) is 6.16. The number of methoxy groups -OCH3 is 1. The molecule has 0 saturated carbocycles. The number of hydrogen-bond donors (Lipinski definition) is 0. The maximum absolute atomic E-state index is 6.26. The second-order valence-electron chi connectivity index (χ2n) is 3.49. The minimum atomic E-state index is 0.713. The van der Waals surface area contributed by atoms with Crippen LogP contribution in [0.4, 0.5) is 5.69 Å². The van der Waals surface area contributed by atoms with Gasteiger partial charge >= 0.3 is 0 Å². The Morgan fingerprint density at radius 1 is 1.44 bits per heavy atom. The molecule has 0 fully saturated rings. The van der Waals surface area contributed by atoms with E-state index in [9.17, 15) is 0 Å². The molecule has 0 atom stereocenters. The van der Waals surface area contributed by atoms with Crippen LogP contribution in [0.1, 0.15) is 12.5 Å². The number of likely N-dealkylation sites (N-methyl/N-ethyl adjacent to an activating group) is 1. The minimum Gasteiger partial charge on any atom is -0.383 e. The normalized spacial score (nSPS) is 10.5. The number of hydrogen-bond acceptors (Lipinski definition) is 2. The predicted octanol–water partition coefficient (Wildman–Crippen LogP) is 3.71. The summed E-state index contributed by atoms with van der Waals surface area (Å²) in [6.45, 7) is 4.62. The highest BCUT2D eigenvalue weighted by Crippen LogP contribution is 2.27. The number of halogens is 2. The van der Waals surface area contributed by atoms with Crippen LogP contribution in [0.3, 0.4) is 0 Å². The molecule has 1 aromatic carbocycles. The number of rotatable bonds is 6. The van der Waals surface area contributed by atoms with Crippen LogP contribution in [0.15, 0.2) is 18.2 Å². The molecule has 0 spiro atoms. The summed E-state index contributed by atoms with van der Waals surface area (Å²) < 4.78 is 5.09. The Balaban J connectivity index is 2.83. The quantitative estimate of drug-likeness (QED) is 0.743. The van der Waals surface area contributed by atoms with Crippen molar-refractivity contribution in [1.29, 1.82) is 0 Å². The summed E-state index contributed by atoms with van der Waals surface area (Å²) in [7, 11) is 1.71. The maximum atomic E-state index is 6.26. The van der Waals surface area contributed by atoms with Gasteiger partial charge in [-0.3, -0.25) is 0 Å². The van der Waals surface area contributed by atoms with Crippen LogP contribution >= 0.6 is 27.5 Å². The highest BCUT2D eigenvalue weighted by molar-refractivity contribution is 9.08. The fourth-order valence-corrected chi connectivity index (χ4v) is 2.21. The van der Waals surface area contributed by atoms with E-state index in [0.717, 1.165) is 29.1 Å². The predicted molar refractivity (Wildman–Crippen MR) is 73.8 cm³/mol. The SMILES string of the molecule is CCN(CCOC)c1ccc(CBr)cc1Cl. The molecule has 0 aromatic heterocycles. The number of anilines is 1. The first-order valence-corrected chi connectivity index (χ1v) is 6.81. The van der Waals surface area contributed by atoms with Crippen molar-refractivity contribution in [2.75, 3.05) is 31.7 Å². The van der Waals surface area contributed by atoms with E-state index in [4.69, 9.17) is 16.3 Å². The molecule has 0 aliphatic rings. The Labute approximate surface area is 111 Å². The Hall–Kier alpha value is -0.250. The van der Waals surface area contributed by atoms with E-state index in [2.05, 4.69) is 39.9 Å². The lowest BCUT2D eigenvalue weighted by Gasteiger charge is -2.24. The molecular weight excluding hydrogens is 289 g/mol. The van der Waals surface area contributed by atoms with Crippen molar-refractivity contribution >= 4 is 33.2 Å². The maximum Gasteiger partial charge on any atom is 0.0642 e. The van der Waals surface area contributed by atoms with Gasteiger partial charge in [-0.25, -0.2) is 0 Å². The fraction of sp³-hybridized carbons (Fsp3) is 0.500. The van der Waals surface area contributed by atoms with Crippen LogP contribution in [0, 0.1) is 0 Å². The molecule has 0 saturated heterocycles. The third-order valence-corrected chi connectivity index (χ3v) is 3.40. The third-order valence-electron chi connectivity index (χ3n) is 2.45. The van der Waals surface area contributed by atoms with Crippen molar-refractivity contribution in [3.63, 3.8) is 0 Å². The Kier molecular flexibility index (Phi) is 6.17. The van der Waals surface area contributed by atoms with E-state index in [1.165, 1.54) is 5.56 Å². The number of alkyl halides is 1. The zero-order chi connectivity index (χ0) is 12.0. The topological polar surface area (TPSA) is 12.5 Å². The van der Waals surface area contributed by atoms with Crippen molar-refractivity contribution in [1.82, 2.24) is 0 Å². The molecule has 0 unspecified atom stereocenters. The summed E-state index contributed by atoms with van der Waals surface area (Å²) >= 11 is 9.68. The summed E-state index contributed by atoms with van der Waals surface area (Å²) in [6.07, 6.45) is 0. The fourth-order valence-electron chi connectivity index (χ4n) is 1.54. The zero-order valence-corrected chi connectivity index (χ0v) is 12.0. The highest BCUT2D eigenvalue weighted by atomic mass is 79.9. The molecule has 0 aliphatic carbocycles. The van der Waals surface area contributed by atoms with Crippen LogP contribution < -0.4 is 4.90 Å². The lowest BCUT2D eigenvalue weighted by atomic mass is 10.2. The van der Waals surface area contributed by atoms with Crippen molar-refractivity contribution < 1.29 is 4.74 Å². The van der Waals surface area contributed by atoms with Gasteiger partial charge in [0.05, 0.1) is 17.3 Å². The summed E-state index contributed by atoms with van der Waals surface area (Å²) in [5.41, 5.74) is 2.27. The molecule has 0 heterocycles. The van der Waals surface area contributed by atoms with E-state index in [1.54, 1.807) is 7.11 Å². The van der Waals surface area contributed by atoms with Gasteiger partial charge in [-0.2, -0.15) is 0 Å². The summed E-state index contributed by atoms with van der Waals surface area (Å²) in [5, 5.41) is 1.63. The van der Waals surface area contributed by atoms with E-state index >= 15 is 0 Å². The molecule has 1 rings (SSSR count). The van der Waals surface area contributed by atoms with Gasteiger partial charge in [-0.15, -0.1) is 0 Å². The van der Waals surface area contributed by atoms with Crippen molar-refractivity contribution in [2.45, 2.75) is 12.3 Å². The third kappa shape index (κ3) is 3.65. The Morgan fingerprint density at radius 2 is 2.19 bits per heavy atom. The lowest BCUT2D eigenvalue weighted by Crippen LogP contribution is -2.27. The smallest absolute Gasteiger partial charge is 0.0642 e. The largest absolute Gasteiger partial charge is 0.383 e.